The van der Waals surface area contributed by atoms with Gasteiger partial charge in [0.15, 0.2) is 11.4 Å². The highest BCUT2D eigenvalue weighted by molar-refractivity contribution is 5.97. The first kappa shape index (κ1) is 11.3. The van der Waals surface area contributed by atoms with E-state index in [1.165, 1.54) is 7.05 Å². The summed E-state index contributed by atoms with van der Waals surface area (Å²) in [6.45, 7) is 5.10. The highest BCUT2D eigenvalue weighted by Crippen LogP contribution is 2.41. The fourth-order valence-corrected chi connectivity index (χ4v) is 2.29. The van der Waals surface area contributed by atoms with Crippen LogP contribution >= 0.6 is 0 Å². The van der Waals surface area contributed by atoms with Crippen LogP contribution in [0.25, 0.3) is 0 Å². The third kappa shape index (κ3) is 1.41. The van der Waals surface area contributed by atoms with Crippen molar-refractivity contribution in [2.24, 2.45) is 0 Å². The second-order valence-electron chi connectivity index (χ2n) is 4.71. The predicted molar refractivity (Wildman–Crippen MR) is 54.4 cm³/mol. The molecule has 0 aromatic heterocycles. The number of carbonyl (C=O) groups is 2. The number of hydrogen-bond acceptors (Lipinski definition) is 4. The fourth-order valence-electron chi connectivity index (χ4n) is 2.29. The van der Waals surface area contributed by atoms with Crippen molar-refractivity contribution in [2.45, 2.75) is 44.3 Å². The summed E-state index contributed by atoms with van der Waals surface area (Å²) in [4.78, 5) is 23.4. The van der Waals surface area contributed by atoms with Crippen LogP contribution in [0.1, 0.15) is 20.8 Å². The number of likely N-dealkylation sites (N-methyl/N-ethyl adjacent to an activating group) is 1. The zero-order valence-electron chi connectivity index (χ0n) is 9.79. The average Bonchev–Trinajstić information content (AvgIpc) is 2.55. The molecule has 0 spiro atoms. The SMILES string of the molecule is CNC(=O)C1NC(=O)C2(C)OC(C)(C)OC12. The van der Waals surface area contributed by atoms with Crippen molar-refractivity contribution in [1.29, 1.82) is 0 Å². The molecule has 0 aliphatic carbocycles. The lowest BCUT2D eigenvalue weighted by Gasteiger charge is -2.21. The van der Waals surface area contributed by atoms with Gasteiger partial charge in [-0.25, -0.2) is 0 Å². The Morgan fingerprint density at radius 1 is 1.44 bits per heavy atom. The van der Waals surface area contributed by atoms with Gasteiger partial charge in [-0.15, -0.1) is 0 Å². The molecule has 0 saturated carbocycles. The van der Waals surface area contributed by atoms with Crippen molar-refractivity contribution >= 4 is 11.8 Å². The van der Waals surface area contributed by atoms with Crippen molar-refractivity contribution in [1.82, 2.24) is 10.6 Å². The first-order valence-corrected chi connectivity index (χ1v) is 5.21. The molecule has 16 heavy (non-hydrogen) atoms. The van der Waals surface area contributed by atoms with E-state index in [9.17, 15) is 9.59 Å². The molecule has 0 aromatic carbocycles. The molecule has 2 saturated heterocycles. The molecular weight excluding hydrogens is 212 g/mol. The van der Waals surface area contributed by atoms with Crippen LogP contribution in [0.3, 0.4) is 0 Å². The molecule has 0 aromatic rings. The minimum Gasteiger partial charge on any atom is -0.357 e. The topological polar surface area (TPSA) is 76.7 Å². The summed E-state index contributed by atoms with van der Waals surface area (Å²) >= 11 is 0. The van der Waals surface area contributed by atoms with E-state index < -0.39 is 23.5 Å². The predicted octanol–water partition coefficient (Wildman–Crippen LogP) is -0.859. The minimum atomic E-state index is -1.08. The highest BCUT2D eigenvalue weighted by Gasteiger charge is 2.64. The van der Waals surface area contributed by atoms with Crippen LogP contribution in [-0.4, -0.2) is 42.4 Å². The lowest BCUT2D eigenvalue weighted by molar-refractivity contribution is -0.175. The Balaban J connectivity index is 2.31. The minimum absolute atomic E-state index is 0.275. The van der Waals surface area contributed by atoms with E-state index in [2.05, 4.69) is 10.6 Å². The van der Waals surface area contributed by atoms with Crippen molar-refractivity contribution in [3.8, 4) is 0 Å². The van der Waals surface area contributed by atoms with Crippen LogP contribution in [0.5, 0.6) is 0 Å². The third-order valence-corrected chi connectivity index (χ3v) is 2.98. The Morgan fingerprint density at radius 3 is 2.62 bits per heavy atom. The number of carbonyl (C=O) groups excluding carboxylic acids is 2. The average molecular weight is 228 g/mol. The summed E-state index contributed by atoms with van der Waals surface area (Å²) in [6, 6.07) is -0.690. The number of amides is 2. The maximum atomic E-state index is 11.8. The number of hydrogen-bond donors (Lipinski definition) is 2. The summed E-state index contributed by atoms with van der Waals surface area (Å²) < 4.78 is 11.2. The van der Waals surface area contributed by atoms with E-state index >= 15 is 0 Å². The van der Waals surface area contributed by atoms with Gasteiger partial charge in [-0.1, -0.05) is 0 Å². The summed E-state index contributed by atoms with van der Waals surface area (Å²) in [5, 5.41) is 5.08. The van der Waals surface area contributed by atoms with Gasteiger partial charge in [0.05, 0.1) is 0 Å². The van der Waals surface area contributed by atoms with Gasteiger partial charge in [0.2, 0.25) is 5.91 Å². The molecule has 0 bridgehead atoms. The second-order valence-corrected chi connectivity index (χ2v) is 4.71. The van der Waals surface area contributed by atoms with E-state index in [0.29, 0.717) is 0 Å². The molecule has 3 unspecified atom stereocenters. The molecule has 6 heteroatoms. The van der Waals surface area contributed by atoms with E-state index in [4.69, 9.17) is 9.47 Å². The fraction of sp³-hybridized carbons (Fsp3) is 0.800. The Kier molecular flexibility index (Phi) is 2.25. The van der Waals surface area contributed by atoms with Gasteiger partial charge in [-0.3, -0.25) is 9.59 Å². The monoisotopic (exact) mass is 228 g/mol. The van der Waals surface area contributed by atoms with Crippen LogP contribution in [0.15, 0.2) is 0 Å². The van der Waals surface area contributed by atoms with Gasteiger partial charge in [0.1, 0.15) is 12.1 Å². The van der Waals surface area contributed by atoms with Crippen molar-refractivity contribution in [3.63, 3.8) is 0 Å². The Morgan fingerprint density at radius 2 is 2.06 bits per heavy atom. The summed E-state index contributed by atoms with van der Waals surface area (Å²) in [6.07, 6.45) is -0.588. The standard InChI is InChI=1S/C10H16N2O4/c1-9(2)15-6-5(7(13)11-4)12-8(14)10(6,3)16-9/h5-6H,1-4H3,(H,11,13)(H,12,14). The second kappa shape index (κ2) is 3.18. The number of ether oxygens (including phenoxy) is 2. The maximum Gasteiger partial charge on any atom is 0.255 e. The quantitative estimate of drug-likeness (QED) is 0.612. The summed E-state index contributed by atoms with van der Waals surface area (Å²) in [7, 11) is 1.52. The Hall–Kier alpha value is -1.14. The zero-order chi connectivity index (χ0) is 12.1. The molecule has 2 N–H and O–H groups in total. The summed E-state index contributed by atoms with van der Waals surface area (Å²) in [5.41, 5.74) is -1.08. The molecule has 2 rings (SSSR count). The van der Waals surface area contributed by atoms with Crippen LogP contribution in [0, 0.1) is 0 Å². The molecule has 90 valence electrons. The number of fused-ring (bicyclic) bond motifs is 1. The van der Waals surface area contributed by atoms with Crippen LogP contribution in [0.4, 0.5) is 0 Å². The molecular formula is C10H16N2O4. The smallest absolute Gasteiger partial charge is 0.255 e. The van der Waals surface area contributed by atoms with Crippen molar-refractivity contribution < 1.29 is 19.1 Å². The molecule has 2 heterocycles. The number of nitrogens with one attached hydrogen (secondary N) is 2. The molecule has 2 fully saturated rings. The van der Waals surface area contributed by atoms with E-state index in [0.717, 1.165) is 0 Å². The maximum absolute atomic E-state index is 11.8. The molecule has 3 atom stereocenters. The Labute approximate surface area is 93.7 Å². The van der Waals surface area contributed by atoms with Crippen LogP contribution < -0.4 is 10.6 Å². The third-order valence-electron chi connectivity index (χ3n) is 2.98. The van der Waals surface area contributed by atoms with Gasteiger partial charge in [0.25, 0.3) is 5.91 Å². The van der Waals surface area contributed by atoms with E-state index in [1.54, 1.807) is 20.8 Å². The van der Waals surface area contributed by atoms with Crippen LogP contribution in [-0.2, 0) is 19.1 Å². The molecule has 2 aliphatic heterocycles. The molecule has 2 aliphatic rings. The van der Waals surface area contributed by atoms with Gasteiger partial charge in [0, 0.05) is 7.05 Å². The van der Waals surface area contributed by atoms with Gasteiger partial charge < -0.3 is 20.1 Å². The van der Waals surface area contributed by atoms with Gasteiger partial charge >= 0.3 is 0 Å². The van der Waals surface area contributed by atoms with Gasteiger partial charge in [-0.05, 0) is 20.8 Å². The largest absolute Gasteiger partial charge is 0.357 e. The number of rotatable bonds is 1. The molecule has 0 radical (unpaired) electrons. The first-order valence-electron chi connectivity index (χ1n) is 5.21. The van der Waals surface area contributed by atoms with Crippen molar-refractivity contribution in [3.05, 3.63) is 0 Å². The van der Waals surface area contributed by atoms with Crippen molar-refractivity contribution in [2.75, 3.05) is 7.05 Å². The van der Waals surface area contributed by atoms with E-state index in [-0.39, 0.29) is 11.8 Å². The summed E-state index contributed by atoms with van der Waals surface area (Å²) in [5.74, 6) is -1.43. The highest BCUT2D eigenvalue weighted by atomic mass is 16.8. The zero-order valence-corrected chi connectivity index (χ0v) is 9.79. The lowest BCUT2D eigenvalue weighted by atomic mass is 9.98. The normalized spacial score (nSPS) is 40.4. The molecule has 6 nitrogen and oxygen atoms in total. The van der Waals surface area contributed by atoms with Gasteiger partial charge in [-0.2, -0.15) is 0 Å². The van der Waals surface area contributed by atoms with Crippen LogP contribution in [0.2, 0.25) is 0 Å². The first-order chi connectivity index (χ1) is 7.30. The lowest BCUT2D eigenvalue weighted by Crippen LogP contribution is -2.47. The van der Waals surface area contributed by atoms with E-state index in [1.807, 2.05) is 0 Å². The molecule has 2 amide bonds. The Bertz CT molecular complexity index is 355.